The molecule has 6 nitrogen and oxygen atoms in total. The molecule has 0 saturated carbocycles. The van der Waals surface area contributed by atoms with Crippen LogP contribution in [-0.4, -0.2) is 67.6 Å². The average molecular weight is 421 g/mol. The summed E-state index contributed by atoms with van der Waals surface area (Å²) in [4.78, 5) is 31.1. The molecule has 3 aliphatic rings. The first-order chi connectivity index (χ1) is 14.1. The number of hydrogen-bond acceptors (Lipinski definition) is 4. The van der Waals surface area contributed by atoms with Crippen molar-refractivity contribution in [1.82, 2.24) is 9.80 Å². The molecule has 0 bridgehead atoms. The molecule has 0 radical (unpaired) electrons. The number of methoxy groups -OCH3 is 1. The molecule has 7 heteroatoms. The van der Waals surface area contributed by atoms with Gasteiger partial charge in [0.1, 0.15) is 11.8 Å². The zero-order valence-corrected chi connectivity index (χ0v) is 17.7. The van der Waals surface area contributed by atoms with Gasteiger partial charge in [0.25, 0.3) is 5.91 Å². The van der Waals surface area contributed by atoms with E-state index in [-0.39, 0.29) is 17.2 Å². The van der Waals surface area contributed by atoms with Crippen LogP contribution in [0.1, 0.15) is 48.9 Å². The van der Waals surface area contributed by atoms with Crippen molar-refractivity contribution in [2.24, 2.45) is 5.41 Å². The quantitative estimate of drug-likeness (QED) is 0.752. The van der Waals surface area contributed by atoms with Gasteiger partial charge in [-0.25, -0.2) is 0 Å². The minimum atomic E-state index is -0.450. The summed E-state index contributed by atoms with van der Waals surface area (Å²) in [7, 11) is 1.54. The summed E-state index contributed by atoms with van der Waals surface area (Å²) in [5.74, 6) is 0.407. The van der Waals surface area contributed by atoms with Crippen molar-refractivity contribution in [2.75, 3.05) is 40.0 Å². The predicted molar refractivity (Wildman–Crippen MR) is 110 cm³/mol. The number of rotatable bonds is 3. The van der Waals surface area contributed by atoms with Gasteiger partial charge in [-0.1, -0.05) is 11.6 Å². The Morgan fingerprint density at radius 3 is 2.52 bits per heavy atom. The maximum atomic E-state index is 13.7. The molecule has 2 amide bonds. The van der Waals surface area contributed by atoms with Crippen LogP contribution < -0.4 is 4.74 Å². The van der Waals surface area contributed by atoms with E-state index in [0.29, 0.717) is 36.1 Å². The highest BCUT2D eigenvalue weighted by Crippen LogP contribution is 2.46. The van der Waals surface area contributed by atoms with E-state index in [2.05, 4.69) is 0 Å². The molecule has 1 aromatic carbocycles. The van der Waals surface area contributed by atoms with Gasteiger partial charge in [0, 0.05) is 43.3 Å². The number of likely N-dealkylation sites (tertiary alicyclic amines) is 2. The van der Waals surface area contributed by atoms with E-state index in [4.69, 9.17) is 21.1 Å². The van der Waals surface area contributed by atoms with Gasteiger partial charge in [-0.15, -0.1) is 0 Å². The topological polar surface area (TPSA) is 59.1 Å². The maximum Gasteiger partial charge on any atom is 0.258 e. The van der Waals surface area contributed by atoms with Crippen LogP contribution in [0.15, 0.2) is 18.2 Å². The second kappa shape index (κ2) is 8.52. The number of halogens is 1. The molecule has 3 aliphatic heterocycles. The van der Waals surface area contributed by atoms with E-state index in [0.717, 1.165) is 51.6 Å². The summed E-state index contributed by atoms with van der Waals surface area (Å²) in [5, 5.41) is 0.481. The summed E-state index contributed by atoms with van der Waals surface area (Å²) in [6.45, 7) is 3.43. The minimum Gasteiger partial charge on any atom is -0.496 e. The fraction of sp³-hybridized carbons (Fsp3) is 0.636. The Kier molecular flexibility index (Phi) is 6.02. The standard InChI is InChI=1S/C22H29ClN2O4/c1-28-18-6-5-16(23)15-17(18)20(26)25-12-4-7-22(8-13-29-14-9-22)19(25)21(27)24-10-2-3-11-24/h5-6,15,19H,2-4,7-14H2,1H3. The maximum absolute atomic E-state index is 13.7. The van der Waals surface area contributed by atoms with E-state index < -0.39 is 6.04 Å². The summed E-state index contributed by atoms with van der Waals surface area (Å²) < 4.78 is 11.0. The Balaban J connectivity index is 1.72. The Morgan fingerprint density at radius 1 is 1.10 bits per heavy atom. The van der Waals surface area contributed by atoms with Crippen molar-refractivity contribution < 1.29 is 19.1 Å². The first-order valence-corrected chi connectivity index (χ1v) is 10.9. The lowest BCUT2D eigenvalue weighted by Gasteiger charge is -2.51. The number of nitrogens with zero attached hydrogens (tertiary/aromatic N) is 2. The molecular formula is C22H29ClN2O4. The zero-order valence-electron chi connectivity index (χ0n) is 17.0. The normalized spacial score (nSPS) is 24.0. The molecule has 29 heavy (non-hydrogen) atoms. The zero-order chi connectivity index (χ0) is 20.4. The van der Waals surface area contributed by atoms with Crippen molar-refractivity contribution in [3.05, 3.63) is 28.8 Å². The van der Waals surface area contributed by atoms with Crippen LogP contribution in [0.3, 0.4) is 0 Å². The number of benzene rings is 1. The summed E-state index contributed by atoms with van der Waals surface area (Å²) >= 11 is 6.18. The van der Waals surface area contributed by atoms with Crippen LogP contribution in [0.4, 0.5) is 0 Å². The van der Waals surface area contributed by atoms with Crippen molar-refractivity contribution in [2.45, 2.75) is 44.6 Å². The largest absolute Gasteiger partial charge is 0.496 e. The van der Waals surface area contributed by atoms with E-state index in [1.807, 2.05) is 4.90 Å². The SMILES string of the molecule is COc1ccc(Cl)cc1C(=O)N1CCCC2(CCOCC2)C1C(=O)N1CCCC1. The molecule has 1 atom stereocenters. The third-order valence-electron chi connectivity index (χ3n) is 6.76. The Morgan fingerprint density at radius 2 is 1.83 bits per heavy atom. The molecule has 0 aromatic heterocycles. The Labute approximate surface area is 177 Å². The number of carbonyl (C=O) groups excluding carboxylic acids is 2. The average Bonchev–Trinajstić information content (AvgIpc) is 3.28. The van der Waals surface area contributed by atoms with Gasteiger partial charge in [0.05, 0.1) is 12.7 Å². The second-order valence-electron chi connectivity index (χ2n) is 8.36. The van der Waals surface area contributed by atoms with Crippen LogP contribution in [0.5, 0.6) is 5.75 Å². The van der Waals surface area contributed by atoms with Crippen LogP contribution >= 0.6 is 11.6 Å². The van der Waals surface area contributed by atoms with Crippen LogP contribution in [0.25, 0.3) is 0 Å². The fourth-order valence-corrected chi connectivity index (χ4v) is 5.40. The van der Waals surface area contributed by atoms with Gasteiger partial charge in [0.15, 0.2) is 0 Å². The highest BCUT2D eigenvalue weighted by molar-refractivity contribution is 6.31. The smallest absolute Gasteiger partial charge is 0.258 e. The minimum absolute atomic E-state index is 0.0958. The van der Waals surface area contributed by atoms with Gasteiger partial charge in [-0.2, -0.15) is 0 Å². The third kappa shape index (κ3) is 3.84. The molecule has 3 heterocycles. The van der Waals surface area contributed by atoms with E-state index in [1.54, 1.807) is 30.2 Å². The number of amides is 2. The molecule has 158 valence electrons. The van der Waals surface area contributed by atoms with E-state index in [9.17, 15) is 9.59 Å². The number of ether oxygens (including phenoxy) is 2. The monoisotopic (exact) mass is 420 g/mol. The van der Waals surface area contributed by atoms with Gasteiger partial charge >= 0.3 is 0 Å². The lowest BCUT2D eigenvalue weighted by molar-refractivity contribution is -0.147. The highest BCUT2D eigenvalue weighted by atomic mass is 35.5. The molecule has 4 rings (SSSR count). The summed E-state index contributed by atoms with van der Waals surface area (Å²) in [5.41, 5.74) is 0.209. The van der Waals surface area contributed by atoms with Crippen LogP contribution in [-0.2, 0) is 9.53 Å². The Bertz CT molecular complexity index is 767. The van der Waals surface area contributed by atoms with Crippen molar-refractivity contribution in [3.8, 4) is 5.75 Å². The molecule has 3 saturated heterocycles. The second-order valence-corrected chi connectivity index (χ2v) is 8.79. The molecule has 1 spiro atoms. The van der Waals surface area contributed by atoms with Crippen LogP contribution in [0, 0.1) is 5.41 Å². The fourth-order valence-electron chi connectivity index (χ4n) is 5.23. The summed E-state index contributed by atoms with van der Waals surface area (Å²) in [6.07, 6.45) is 5.53. The summed E-state index contributed by atoms with van der Waals surface area (Å²) in [6, 6.07) is 4.61. The number of carbonyl (C=O) groups is 2. The van der Waals surface area contributed by atoms with Crippen molar-refractivity contribution in [1.29, 1.82) is 0 Å². The van der Waals surface area contributed by atoms with Gasteiger partial charge in [-0.3, -0.25) is 9.59 Å². The van der Waals surface area contributed by atoms with Gasteiger partial charge in [-0.05, 0) is 56.7 Å². The molecule has 0 aliphatic carbocycles. The predicted octanol–water partition coefficient (Wildman–Crippen LogP) is 3.37. The van der Waals surface area contributed by atoms with Crippen molar-refractivity contribution >= 4 is 23.4 Å². The number of piperidine rings is 1. The lowest BCUT2D eigenvalue weighted by Crippen LogP contribution is -2.62. The molecular weight excluding hydrogens is 392 g/mol. The Hall–Kier alpha value is -1.79. The van der Waals surface area contributed by atoms with Crippen LogP contribution in [0.2, 0.25) is 5.02 Å². The van der Waals surface area contributed by atoms with Gasteiger partial charge < -0.3 is 19.3 Å². The molecule has 1 unspecified atom stereocenters. The van der Waals surface area contributed by atoms with Gasteiger partial charge in [0.2, 0.25) is 5.91 Å². The molecule has 3 fully saturated rings. The lowest BCUT2D eigenvalue weighted by atomic mass is 9.67. The molecule has 0 N–H and O–H groups in total. The molecule has 1 aromatic rings. The van der Waals surface area contributed by atoms with E-state index >= 15 is 0 Å². The third-order valence-corrected chi connectivity index (χ3v) is 6.99. The van der Waals surface area contributed by atoms with E-state index in [1.165, 1.54) is 0 Å². The van der Waals surface area contributed by atoms with Crippen molar-refractivity contribution in [3.63, 3.8) is 0 Å². The first-order valence-electron chi connectivity index (χ1n) is 10.6. The highest BCUT2D eigenvalue weighted by Gasteiger charge is 2.52. The number of hydrogen-bond donors (Lipinski definition) is 0. The first kappa shape index (κ1) is 20.5.